The number of anilines is 1. The first kappa shape index (κ1) is 26.7. The highest BCUT2D eigenvalue weighted by molar-refractivity contribution is 6.30. The van der Waals surface area contributed by atoms with Gasteiger partial charge in [-0.25, -0.2) is 0 Å². The molecule has 0 radical (unpaired) electrons. The fourth-order valence-corrected chi connectivity index (χ4v) is 5.83. The Morgan fingerprint density at radius 1 is 0.902 bits per heavy atom. The molecule has 41 heavy (non-hydrogen) atoms. The molecule has 7 nitrogen and oxygen atoms in total. The molecule has 2 aliphatic heterocycles. The van der Waals surface area contributed by atoms with Crippen molar-refractivity contribution in [3.63, 3.8) is 0 Å². The van der Waals surface area contributed by atoms with Crippen LogP contribution >= 0.6 is 11.6 Å². The van der Waals surface area contributed by atoms with Gasteiger partial charge in [-0.3, -0.25) is 24.3 Å². The first-order valence-corrected chi connectivity index (χ1v) is 14.1. The minimum Gasteiger partial charge on any atom is -0.370 e. The third-order valence-corrected chi connectivity index (χ3v) is 8.03. The average Bonchev–Trinajstić information content (AvgIpc) is 3.26. The summed E-state index contributed by atoms with van der Waals surface area (Å²) in [6.45, 7) is 1.26. The lowest BCUT2D eigenvalue weighted by Gasteiger charge is -2.35. The molecule has 0 aliphatic carbocycles. The molecule has 3 amide bonds. The van der Waals surface area contributed by atoms with Crippen molar-refractivity contribution < 1.29 is 14.4 Å². The van der Waals surface area contributed by atoms with Gasteiger partial charge in [0.15, 0.2) is 0 Å². The van der Waals surface area contributed by atoms with E-state index in [4.69, 9.17) is 11.6 Å². The van der Waals surface area contributed by atoms with Crippen LogP contribution in [0, 0.1) is 5.92 Å². The van der Waals surface area contributed by atoms with Crippen LogP contribution in [0.2, 0.25) is 5.02 Å². The number of aromatic nitrogens is 1. The number of benzene rings is 3. The van der Waals surface area contributed by atoms with Gasteiger partial charge < -0.3 is 10.2 Å². The Balaban J connectivity index is 1.22. The van der Waals surface area contributed by atoms with Gasteiger partial charge in [-0.15, -0.1) is 0 Å². The smallest absolute Gasteiger partial charge is 0.264 e. The summed E-state index contributed by atoms with van der Waals surface area (Å²) >= 11 is 6.13. The Morgan fingerprint density at radius 3 is 2.41 bits per heavy atom. The molecule has 3 heterocycles. The first-order valence-electron chi connectivity index (χ1n) is 13.7. The van der Waals surface area contributed by atoms with Crippen LogP contribution in [0.5, 0.6) is 0 Å². The largest absolute Gasteiger partial charge is 0.370 e. The van der Waals surface area contributed by atoms with Gasteiger partial charge in [-0.1, -0.05) is 66.2 Å². The minimum atomic E-state index is -0.329. The van der Waals surface area contributed by atoms with E-state index in [1.54, 1.807) is 30.5 Å². The molecule has 0 spiro atoms. The third kappa shape index (κ3) is 5.45. The summed E-state index contributed by atoms with van der Waals surface area (Å²) < 4.78 is 0. The highest BCUT2D eigenvalue weighted by Gasteiger charge is 2.39. The van der Waals surface area contributed by atoms with Crippen LogP contribution in [0.25, 0.3) is 0 Å². The number of pyridine rings is 1. The van der Waals surface area contributed by atoms with E-state index in [9.17, 15) is 14.4 Å². The number of amides is 3. The van der Waals surface area contributed by atoms with Gasteiger partial charge in [0, 0.05) is 24.3 Å². The molecule has 0 bridgehead atoms. The van der Waals surface area contributed by atoms with E-state index in [2.05, 4.69) is 15.2 Å². The van der Waals surface area contributed by atoms with Gasteiger partial charge in [0.1, 0.15) is 0 Å². The van der Waals surface area contributed by atoms with Crippen molar-refractivity contribution in [1.82, 2.24) is 15.2 Å². The molecule has 8 heteroatoms. The lowest BCUT2D eigenvalue weighted by atomic mass is 9.93. The molecule has 2 atom stereocenters. The predicted molar refractivity (Wildman–Crippen MR) is 158 cm³/mol. The topological polar surface area (TPSA) is 82.6 Å². The molecule has 1 N–H and O–H groups in total. The number of carbonyl (C=O) groups excluding carboxylic acids is 3. The molecule has 1 saturated heterocycles. The minimum absolute atomic E-state index is 0.0507. The van der Waals surface area contributed by atoms with E-state index in [1.807, 2.05) is 66.7 Å². The van der Waals surface area contributed by atoms with Crippen molar-refractivity contribution in [3.05, 3.63) is 130 Å². The lowest BCUT2D eigenvalue weighted by molar-refractivity contribution is -0.125. The molecule has 2 unspecified atom stereocenters. The SMILES string of the molecule is O=C(NC(c1ccccc1)c1ccc(Cl)cc1)C1CCCN(c2cccc3c2C(=O)N(Cc2ccccn2)C3=O)C1. The van der Waals surface area contributed by atoms with Gasteiger partial charge in [0.25, 0.3) is 11.8 Å². The second-order valence-corrected chi connectivity index (χ2v) is 10.8. The van der Waals surface area contributed by atoms with E-state index in [1.165, 1.54) is 4.90 Å². The maximum absolute atomic E-state index is 13.7. The zero-order valence-electron chi connectivity index (χ0n) is 22.4. The number of halogens is 1. The fraction of sp³-hybridized carbons (Fsp3) is 0.212. The number of hydrogen-bond acceptors (Lipinski definition) is 5. The van der Waals surface area contributed by atoms with Crippen molar-refractivity contribution in [3.8, 4) is 0 Å². The number of piperidine rings is 1. The molecule has 1 aromatic heterocycles. The third-order valence-electron chi connectivity index (χ3n) is 7.78. The molecule has 3 aromatic carbocycles. The van der Waals surface area contributed by atoms with Gasteiger partial charge in [-0.2, -0.15) is 0 Å². The Morgan fingerprint density at radius 2 is 1.66 bits per heavy atom. The number of rotatable bonds is 7. The maximum atomic E-state index is 13.7. The highest BCUT2D eigenvalue weighted by atomic mass is 35.5. The summed E-state index contributed by atoms with van der Waals surface area (Å²) in [6.07, 6.45) is 3.17. The summed E-state index contributed by atoms with van der Waals surface area (Å²) in [5.74, 6) is -0.984. The molecule has 206 valence electrons. The number of carbonyl (C=O) groups is 3. The van der Waals surface area contributed by atoms with E-state index in [0.29, 0.717) is 40.6 Å². The molecule has 4 aromatic rings. The summed E-state index contributed by atoms with van der Waals surface area (Å²) in [5.41, 5.74) is 4.05. The molecule has 6 rings (SSSR count). The van der Waals surface area contributed by atoms with E-state index in [0.717, 1.165) is 24.0 Å². The van der Waals surface area contributed by atoms with E-state index in [-0.39, 0.29) is 36.2 Å². The quantitative estimate of drug-likeness (QED) is 0.293. The fourth-order valence-electron chi connectivity index (χ4n) is 5.71. The Bertz CT molecular complexity index is 1580. The zero-order chi connectivity index (χ0) is 28.3. The van der Waals surface area contributed by atoms with E-state index >= 15 is 0 Å². The normalized spacial score (nSPS) is 17.3. The molecule has 0 saturated carbocycles. The van der Waals surface area contributed by atoms with Crippen LogP contribution in [0.15, 0.2) is 97.2 Å². The molecule has 1 fully saturated rings. The second kappa shape index (κ2) is 11.6. The Hall–Kier alpha value is -4.49. The maximum Gasteiger partial charge on any atom is 0.264 e. The molecular weight excluding hydrogens is 536 g/mol. The number of nitrogens with zero attached hydrogens (tertiary/aromatic N) is 3. The number of imide groups is 1. The second-order valence-electron chi connectivity index (χ2n) is 10.4. The lowest BCUT2D eigenvalue weighted by Crippen LogP contribution is -2.44. The zero-order valence-corrected chi connectivity index (χ0v) is 23.1. The average molecular weight is 565 g/mol. The molecular formula is C33H29ClN4O3. The van der Waals surface area contributed by atoms with Crippen molar-refractivity contribution in [2.75, 3.05) is 18.0 Å². The van der Waals surface area contributed by atoms with Gasteiger partial charge in [0.2, 0.25) is 5.91 Å². The van der Waals surface area contributed by atoms with Crippen molar-refractivity contribution >= 4 is 35.0 Å². The standard InChI is InChI=1S/C33H29ClN4O3/c34-25-16-14-23(15-17-25)30(22-8-2-1-3-9-22)36-31(39)24-10-7-19-37(20-24)28-13-6-12-27-29(28)33(41)38(32(27)40)21-26-11-4-5-18-35-26/h1-6,8-9,11-18,24,30H,7,10,19-21H2,(H,36,39). The predicted octanol–water partition coefficient (Wildman–Crippen LogP) is 5.65. The van der Waals surface area contributed by atoms with Crippen molar-refractivity contribution in [2.24, 2.45) is 5.92 Å². The molecule has 2 aliphatic rings. The first-order chi connectivity index (χ1) is 20.0. The van der Waals surface area contributed by atoms with Crippen LogP contribution in [-0.4, -0.2) is 40.7 Å². The number of hydrogen-bond donors (Lipinski definition) is 1. The van der Waals surface area contributed by atoms with Gasteiger partial charge in [-0.05, 0) is 60.4 Å². The summed E-state index contributed by atoms with van der Waals surface area (Å²) in [7, 11) is 0. The van der Waals surface area contributed by atoms with Crippen molar-refractivity contribution in [1.29, 1.82) is 0 Å². The van der Waals surface area contributed by atoms with Gasteiger partial charge in [0.05, 0.1) is 41.0 Å². The van der Waals surface area contributed by atoms with Gasteiger partial charge >= 0.3 is 0 Å². The Labute approximate surface area is 243 Å². The van der Waals surface area contributed by atoms with E-state index < -0.39 is 0 Å². The van der Waals surface area contributed by atoms with Crippen LogP contribution in [0.1, 0.15) is 56.4 Å². The van der Waals surface area contributed by atoms with Crippen LogP contribution < -0.4 is 10.2 Å². The highest BCUT2D eigenvalue weighted by Crippen LogP contribution is 2.35. The summed E-state index contributed by atoms with van der Waals surface area (Å²) in [5, 5.41) is 3.90. The summed E-state index contributed by atoms with van der Waals surface area (Å²) in [4.78, 5) is 48.1. The monoisotopic (exact) mass is 564 g/mol. The Kier molecular flexibility index (Phi) is 7.53. The van der Waals surface area contributed by atoms with Crippen molar-refractivity contribution in [2.45, 2.75) is 25.4 Å². The van der Waals surface area contributed by atoms with Crippen LogP contribution in [0.4, 0.5) is 5.69 Å². The summed E-state index contributed by atoms with van der Waals surface area (Å²) in [6, 6.07) is 27.8. The van der Waals surface area contributed by atoms with Crippen LogP contribution in [0.3, 0.4) is 0 Å². The number of nitrogens with one attached hydrogen (secondary N) is 1. The number of fused-ring (bicyclic) bond motifs is 1. The van der Waals surface area contributed by atoms with Crippen LogP contribution in [-0.2, 0) is 11.3 Å².